The molecule has 3 unspecified atom stereocenters. The third kappa shape index (κ3) is 3.48. The highest BCUT2D eigenvalue weighted by Gasteiger charge is 2.21. The van der Waals surface area contributed by atoms with Gasteiger partial charge in [0.15, 0.2) is 0 Å². The van der Waals surface area contributed by atoms with E-state index >= 15 is 0 Å². The molecule has 1 aromatic rings. The molecule has 0 heterocycles. The van der Waals surface area contributed by atoms with Gasteiger partial charge in [-0.1, -0.05) is 50.6 Å². The number of hydrogen-bond acceptors (Lipinski definition) is 1. The third-order valence-electron chi connectivity index (χ3n) is 4.45. The first-order valence-electron chi connectivity index (χ1n) is 7.59. The summed E-state index contributed by atoms with van der Waals surface area (Å²) >= 11 is 0. The van der Waals surface area contributed by atoms with Crippen LogP contribution in [0.2, 0.25) is 0 Å². The van der Waals surface area contributed by atoms with Gasteiger partial charge >= 0.3 is 0 Å². The van der Waals surface area contributed by atoms with Gasteiger partial charge in [0.25, 0.3) is 0 Å². The fourth-order valence-electron chi connectivity index (χ4n) is 3.39. The quantitative estimate of drug-likeness (QED) is 0.811. The Morgan fingerprint density at radius 3 is 2.84 bits per heavy atom. The van der Waals surface area contributed by atoms with Crippen LogP contribution in [0.15, 0.2) is 24.8 Å². The lowest BCUT2D eigenvalue weighted by Crippen LogP contribution is -2.35. The fraction of sp³-hybridized carbons (Fsp3) is 0.556. The van der Waals surface area contributed by atoms with E-state index in [-0.39, 0.29) is 0 Å². The molecule has 0 spiro atoms. The van der Waals surface area contributed by atoms with Crippen molar-refractivity contribution >= 4 is 6.08 Å². The molecule has 0 saturated heterocycles. The van der Waals surface area contributed by atoms with Crippen LogP contribution in [-0.2, 0) is 0 Å². The molecule has 1 aromatic carbocycles. The summed E-state index contributed by atoms with van der Waals surface area (Å²) in [7, 11) is 0. The Morgan fingerprint density at radius 2 is 2.16 bits per heavy atom. The van der Waals surface area contributed by atoms with E-state index in [9.17, 15) is 0 Å². The van der Waals surface area contributed by atoms with Gasteiger partial charge in [-0.25, -0.2) is 0 Å². The van der Waals surface area contributed by atoms with Crippen molar-refractivity contribution in [3.63, 3.8) is 0 Å². The molecular weight excluding hydrogens is 230 g/mol. The Morgan fingerprint density at radius 1 is 1.37 bits per heavy atom. The van der Waals surface area contributed by atoms with Crippen LogP contribution >= 0.6 is 0 Å². The molecule has 19 heavy (non-hydrogen) atoms. The first-order valence-corrected chi connectivity index (χ1v) is 7.59. The first-order chi connectivity index (χ1) is 9.11. The van der Waals surface area contributed by atoms with E-state index in [0.717, 1.165) is 5.92 Å². The summed E-state index contributed by atoms with van der Waals surface area (Å²) in [6, 6.07) is 7.63. The Balaban J connectivity index is 2.09. The second kappa shape index (κ2) is 6.38. The lowest BCUT2D eigenvalue weighted by Gasteiger charge is -2.31. The van der Waals surface area contributed by atoms with Crippen LogP contribution in [0.1, 0.15) is 62.3 Å². The predicted octanol–water partition coefficient (Wildman–Crippen LogP) is 4.87. The Labute approximate surface area is 118 Å². The SMILES string of the molecule is C=Cc1c(C)cccc1C(C)NC1CCCC(C)C1. The minimum Gasteiger partial charge on any atom is -0.307 e. The molecule has 3 atom stereocenters. The summed E-state index contributed by atoms with van der Waals surface area (Å²) < 4.78 is 0. The molecule has 0 bridgehead atoms. The molecule has 1 aliphatic carbocycles. The third-order valence-corrected chi connectivity index (χ3v) is 4.45. The molecule has 0 amide bonds. The monoisotopic (exact) mass is 257 g/mol. The molecular formula is C18H27N. The minimum absolute atomic E-state index is 0.406. The fourth-order valence-corrected chi connectivity index (χ4v) is 3.39. The first kappa shape index (κ1) is 14.3. The Hall–Kier alpha value is -1.08. The number of aryl methyl sites for hydroxylation is 1. The van der Waals surface area contributed by atoms with Crippen molar-refractivity contribution in [2.24, 2.45) is 5.92 Å². The van der Waals surface area contributed by atoms with E-state index in [2.05, 4.69) is 50.9 Å². The van der Waals surface area contributed by atoms with Gasteiger partial charge in [0, 0.05) is 12.1 Å². The Kier molecular flexibility index (Phi) is 4.81. The molecule has 1 aliphatic rings. The van der Waals surface area contributed by atoms with Gasteiger partial charge in [-0.2, -0.15) is 0 Å². The van der Waals surface area contributed by atoms with E-state index < -0.39 is 0 Å². The van der Waals surface area contributed by atoms with Crippen molar-refractivity contribution in [3.8, 4) is 0 Å². The number of benzene rings is 1. The predicted molar refractivity (Wildman–Crippen MR) is 84.2 cm³/mol. The van der Waals surface area contributed by atoms with Crippen LogP contribution in [0.5, 0.6) is 0 Å². The Bertz CT molecular complexity index is 435. The molecule has 1 saturated carbocycles. The van der Waals surface area contributed by atoms with Crippen molar-refractivity contribution in [3.05, 3.63) is 41.5 Å². The van der Waals surface area contributed by atoms with Gasteiger partial charge in [0.1, 0.15) is 0 Å². The van der Waals surface area contributed by atoms with E-state index in [1.165, 1.54) is 42.4 Å². The van der Waals surface area contributed by atoms with Crippen LogP contribution in [0, 0.1) is 12.8 Å². The zero-order valence-electron chi connectivity index (χ0n) is 12.6. The van der Waals surface area contributed by atoms with Gasteiger partial charge in [0.2, 0.25) is 0 Å². The smallest absolute Gasteiger partial charge is 0.0300 e. The van der Waals surface area contributed by atoms with E-state index in [1.54, 1.807) is 0 Å². The molecule has 2 rings (SSSR count). The molecule has 104 valence electrons. The van der Waals surface area contributed by atoms with Gasteiger partial charge in [-0.05, 0) is 49.3 Å². The van der Waals surface area contributed by atoms with Gasteiger partial charge in [-0.15, -0.1) is 0 Å². The van der Waals surface area contributed by atoms with Crippen molar-refractivity contribution < 1.29 is 0 Å². The second-order valence-corrected chi connectivity index (χ2v) is 6.14. The zero-order chi connectivity index (χ0) is 13.8. The molecule has 1 heteroatoms. The van der Waals surface area contributed by atoms with E-state index in [1.807, 2.05) is 6.08 Å². The highest BCUT2D eigenvalue weighted by atomic mass is 14.9. The summed E-state index contributed by atoms with van der Waals surface area (Å²) in [6.45, 7) is 10.8. The molecule has 0 radical (unpaired) electrons. The van der Waals surface area contributed by atoms with Crippen LogP contribution in [0.4, 0.5) is 0 Å². The molecule has 1 N–H and O–H groups in total. The minimum atomic E-state index is 0.406. The van der Waals surface area contributed by atoms with Gasteiger partial charge in [-0.3, -0.25) is 0 Å². The van der Waals surface area contributed by atoms with Crippen LogP contribution in [0.3, 0.4) is 0 Å². The number of nitrogens with one attached hydrogen (secondary N) is 1. The lowest BCUT2D eigenvalue weighted by atomic mass is 9.86. The number of rotatable bonds is 4. The van der Waals surface area contributed by atoms with Crippen molar-refractivity contribution in [1.29, 1.82) is 0 Å². The average molecular weight is 257 g/mol. The summed E-state index contributed by atoms with van der Waals surface area (Å²) in [4.78, 5) is 0. The summed E-state index contributed by atoms with van der Waals surface area (Å²) in [6.07, 6.45) is 7.40. The topological polar surface area (TPSA) is 12.0 Å². The van der Waals surface area contributed by atoms with Crippen LogP contribution in [0.25, 0.3) is 6.08 Å². The van der Waals surface area contributed by atoms with Gasteiger partial charge in [0.05, 0.1) is 0 Å². The molecule has 0 aliphatic heterocycles. The van der Waals surface area contributed by atoms with Crippen LogP contribution in [-0.4, -0.2) is 6.04 Å². The molecule has 0 aromatic heterocycles. The largest absolute Gasteiger partial charge is 0.307 e. The highest BCUT2D eigenvalue weighted by molar-refractivity contribution is 5.57. The maximum Gasteiger partial charge on any atom is 0.0300 e. The summed E-state index contributed by atoms with van der Waals surface area (Å²) in [5.41, 5.74) is 4.00. The summed E-state index contributed by atoms with van der Waals surface area (Å²) in [5.74, 6) is 0.870. The van der Waals surface area contributed by atoms with Crippen LogP contribution < -0.4 is 5.32 Å². The number of hydrogen-bond donors (Lipinski definition) is 1. The standard InChI is InChI=1S/C18H27N/c1-5-17-14(3)9-7-11-18(17)15(4)19-16-10-6-8-13(2)12-16/h5,7,9,11,13,15-16,19H,1,6,8,10,12H2,2-4H3. The maximum atomic E-state index is 3.97. The normalized spacial score (nSPS) is 25.0. The average Bonchev–Trinajstić information content (AvgIpc) is 2.38. The van der Waals surface area contributed by atoms with Crippen molar-refractivity contribution in [2.45, 2.75) is 58.5 Å². The lowest BCUT2D eigenvalue weighted by molar-refractivity contribution is 0.285. The maximum absolute atomic E-state index is 3.97. The highest BCUT2D eigenvalue weighted by Crippen LogP contribution is 2.27. The van der Waals surface area contributed by atoms with E-state index in [4.69, 9.17) is 0 Å². The van der Waals surface area contributed by atoms with E-state index in [0.29, 0.717) is 12.1 Å². The molecule has 1 fully saturated rings. The van der Waals surface area contributed by atoms with Crippen molar-refractivity contribution in [1.82, 2.24) is 5.32 Å². The second-order valence-electron chi connectivity index (χ2n) is 6.14. The van der Waals surface area contributed by atoms with Crippen molar-refractivity contribution in [2.75, 3.05) is 0 Å². The zero-order valence-corrected chi connectivity index (χ0v) is 12.6. The summed E-state index contributed by atoms with van der Waals surface area (Å²) in [5, 5.41) is 3.82. The molecule has 1 nitrogen and oxygen atoms in total. The van der Waals surface area contributed by atoms with Gasteiger partial charge < -0.3 is 5.32 Å².